The highest BCUT2D eigenvalue weighted by Gasteiger charge is 2.31. The molecule has 6 nitrogen and oxygen atoms in total. The molecule has 1 fully saturated rings. The molecule has 2 unspecified atom stereocenters. The second kappa shape index (κ2) is 8.70. The van der Waals surface area contributed by atoms with Gasteiger partial charge in [-0.2, -0.15) is 5.10 Å². The smallest absolute Gasteiger partial charge is 0.410 e. The van der Waals surface area contributed by atoms with E-state index >= 15 is 0 Å². The van der Waals surface area contributed by atoms with Gasteiger partial charge in [0.15, 0.2) is 0 Å². The summed E-state index contributed by atoms with van der Waals surface area (Å²) < 4.78 is 7.42. The molecule has 1 aromatic heterocycles. The van der Waals surface area contributed by atoms with Gasteiger partial charge in [-0.15, -0.1) is 0 Å². The maximum absolute atomic E-state index is 12.5. The Bertz CT molecular complexity index is 550. The zero-order valence-corrected chi connectivity index (χ0v) is 16.4. The average Bonchev–Trinajstić information content (AvgIpc) is 2.91. The minimum atomic E-state index is -0.438. The molecule has 1 N–H and O–H groups in total. The molecule has 2 rings (SSSR count). The number of aryl methyl sites for hydroxylation is 1. The molecule has 6 heteroatoms. The van der Waals surface area contributed by atoms with Crippen molar-refractivity contribution in [2.24, 2.45) is 7.05 Å². The zero-order chi connectivity index (χ0) is 18.4. The van der Waals surface area contributed by atoms with Crippen LogP contribution in [-0.2, 0) is 18.2 Å². The largest absolute Gasteiger partial charge is 0.444 e. The lowest BCUT2D eigenvalue weighted by Gasteiger charge is -2.38. The Hall–Kier alpha value is -1.56. The molecule has 1 aliphatic heterocycles. The number of carbonyl (C=O) groups is 1. The molecular formula is C19H34N4O2. The van der Waals surface area contributed by atoms with Crippen molar-refractivity contribution in [3.05, 3.63) is 18.0 Å². The minimum Gasteiger partial charge on any atom is -0.444 e. The van der Waals surface area contributed by atoms with Gasteiger partial charge in [-0.25, -0.2) is 4.79 Å². The highest BCUT2D eigenvalue weighted by Crippen LogP contribution is 2.23. The molecule has 1 saturated heterocycles. The fourth-order valence-electron chi connectivity index (χ4n) is 3.36. The molecular weight excluding hydrogens is 316 g/mol. The van der Waals surface area contributed by atoms with Crippen molar-refractivity contribution in [3.8, 4) is 0 Å². The van der Waals surface area contributed by atoms with E-state index in [2.05, 4.69) is 23.5 Å². The third-order valence-electron chi connectivity index (χ3n) is 4.55. The van der Waals surface area contributed by atoms with Gasteiger partial charge in [-0.3, -0.25) is 4.68 Å². The SMILES string of the molecule is CC(CC1CCCCN1C(=O)OC(C)(C)C)NCCc1cnn(C)c1. The molecule has 0 spiro atoms. The third-order valence-corrected chi connectivity index (χ3v) is 4.55. The first-order valence-electron chi connectivity index (χ1n) is 9.45. The Morgan fingerprint density at radius 1 is 1.44 bits per heavy atom. The summed E-state index contributed by atoms with van der Waals surface area (Å²) in [5.74, 6) is 0. The zero-order valence-electron chi connectivity index (χ0n) is 16.4. The highest BCUT2D eigenvalue weighted by atomic mass is 16.6. The summed E-state index contributed by atoms with van der Waals surface area (Å²) in [5, 5.41) is 7.78. The van der Waals surface area contributed by atoms with Crippen molar-refractivity contribution in [2.75, 3.05) is 13.1 Å². The molecule has 25 heavy (non-hydrogen) atoms. The van der Waals surface area contributed by atoms with Crippen LogP contribution in [0.5, 0.6) is 0 Å². The number of hydrogen-bond donors (Lipinski definition) is 1. The molecule has 2 atom stereocenters. The minimum absolute atomic E-state index is 0.167. The van der Waals surface area contributed by atoms with Gasteiger partial charge in [-0.05, 0) is 71.9 Å². The third kappa shape index (κ3) is 6.69. The van der Waals surface area contributed by atoms with Crippen LogP contribution in [0.4, 0.5) is 4.79 Å². The first-order valence-corrected chi connectivity index (χ1v) is 9.45. The Morgan fingerprint density at radius 3 is 2.84 bits per heavy atom. The summed E-state index contributed by atoms with van der Waals surface area (Å²) in [4.78, 5) is 14.4. The number of carbonyl (C=O) groups excluding carboxylic acids is 1. The van der Waals surface area contributed by atoms with E-state index in [9.17, 15) is 4.79 Å². The van der Waals surface area contributed by atoms with Gasteiger partial charge in [0.2, 0.25) is 0 Å². The topological polar surface area (TPSA) is 59.4 Å². The van der Waals surface area contributed by atoms with Gasteiger partial charge in [0.1, 0.15) is 5.60 Å². The number of hydrogen-bond acceptors (Lipinski definition) is 4. The summed E-state index contributed by atoms with van der Waals surface area (Å²) in [7, 11) is 1.94. The normalized spacial score (nSPS) is 19.7. The summed E-state index contributed by atoms with van der Waals surface area (Å²) >= 11 is 0. The maximum atomic E-state index is 12.5. The number of nitrogens with one attached hydrogen (secondary N) is 1. The van der Waals surface area contributed by atoms with Crippen molar-refractivity contribution in [3.63, 3.8) is 0 Å². The van der Waals surface area contributed by atoms with Crippen LogP contribution >= 0.6 is 0 Å². The number of ether oxygens (including phenoxy) is 1. The molecule has 0 aliphatic carbocycles. The lowest BCUT2D eigenvalue weighted by atomic mass is 9.96. The number of nitrogens with zero attached hydrogens (tertiary/aromatic N) is 3. The fourth-order valence-corrected chi connectivity index (χ4v) is 3.36. The van der Waals surface area contributed by atoms with E-state index in [-0.39, 0.29) is 12.1 Å². The summed E-state index contributed by atoms with van der Waals surface area (Å²) in [6.07, 6.45) is 9.05. The van der Waals surface area contributed by atoms with Gasteiger partial charge < -0.3 is 15.0 Å². The summed E-state index contributed by atoms with van der Waals surface area (Å²) in [6, 6.07) is 0.634. The summed E-state index contributed by atoms with van der Waals surface area (Å²) in [6.45, 7) is 9.70. The van der Waals surface area contributed by atoms with Crippen LogP contribution < -0.4 is 5.32 Å². The van der Waals surface area contributed by atoms with Crippen molar-refractivity contribution in [1.29, 1.82) is 0 Å². The monoisotopic (exact) mass is 350 g/mol. The van der Waals surface area contributed by atoms with Crippen LogP contribution in [0.2, 0.25) is 0 Å². The average molecular weight is 351 g/mol. The first-order chi connectivity index (χ1) is 11.7. The van der Waals surface area contributed by atoms with E-state index in [1.54, 1.807) is 0 Å². The molecule has 0 bridgehead atoms. The fraction of sp³-hybridized carbons (Fsp3) is 0.789. The first kappa shape index (κ1) is 19.8. The number of piperidine rings is 1. The van der Waals surface area contributed by atoms with Crippen molar-refractivity contribution >= 4 is 6.09 Å². The van der Waals surface area contributed by atoms with Crippen LogP contribution in [0.15, 0.2) is 12.4 Å². The number of rotatable bonds is 6. The van der Waals surface area contributed by atoms with Gasteiger partial charge in [0.25, 0.3) is 0 Å². The van der Waals surface area contributed by atoms with Gasteiger partial charge in [0, 0.05) is 31.9 Å². The van der Waals surface area contributed by atoms with E-state index in [0.717, 1.165) is 38.8 Å². The van der Waals surface area contributed by atoms with Crippen LogP contribution in [0, 0.1) is 0 Å². The molecule has 1 amide bonds. The Balaban J connectivity index is 1.80. The molecule has 0 radical (unpaired) electrons. The number of likely N-dealkylation sites (tertiary alicyclic amines) is 1. The molecule has 1 aliphatic rings. The van der Waals surface area contributed by atoms with Gasteiger partial charge in [-0.1, -0.05) is 0 Å². The number of aromatic nitrogens is 2. The maximum Gasteiger partial charge on any atom is 0.410 e. The Morgan fingerprint density at radius 2 is 2.20 bits per heavy atom. The van der Waals surface area contributed by atoms with Crippen LogP contribution in [0.1, 0.15) is 58.9 Å². The number of amides is 1. The van der Waals surface area contributed by atoms with Crippen LogP contribution in [0.3, 0.4) is 0 Å². The molecule has 142 valence electrons. The van der Waals surface area contributed by atoms with Crippen molar-refractivity contribution in [2.45, 2.75) is 77.5 Å². The summed E-state index contributed by atoms with van der Waals surface area (Å²) in [5.41, 5.74) is 0.808. The highest BCUT2D eigenvalue weighted by molar-refractivity contribution is 5.68. The van der Waals surface area contributed by atoms with Crippen LogP contribution in [-0.4, -0.2) is 51.5 Å². The van der Waals surface area contributed by atoms with Crippen molar-refractivity contribution < 1.29 is 9.53 Å². The molecule has 0 saturated carbocycles. The standard InChI is InChI=1S/C19H34N4O2/c1-15(20-10-9-16-13-21-22(5)14-16)12-17-8-6-7-11-23(17)18(24)25-19(2,3)4/h13-15,17,20H,6-12H2,1-5H3. The lowest BCUT2D eigenvalue weighted by molar-refractivity contribution is 0.00792. The van der Waals surface area contributed by atoms with E-state index in [4.69, 9.17) is 4.74 Å². The van der Waals surface area contributed by atoms with E-state index in [1.807, 2.05) is 43.6 Å². The quantitative estimate of drug-likeness (QED) is 0.856. The Labute approximate surface area is 151 Å². The molecule has 1 aromatic rings. The van der Waals surface area contributed by atoms with Gasteiger partial charge >= 0.3 is 6.09 Å². The lowest BCUT2D eigenvalue weighted by Crippen LogP contribution is -2.48. The van der Waals surface area contributed by atoms with Crippen molar-refractivity contribution in [1.82, 2.24) is 20.0 Å². The van der Waals surface area contributed by atoms with Gasteiger partial charge in [0.05, 0.1) is 6.20 Å². The molecule has 2 heterocycles. The predicted octanol–water partition coefficient (Wildman–Crippen LogP) is 3.12. The second-order valence-electron chi connectivity index (χ2n) is 8.19. The van der Waals surface area contributed by atoms with E-state index in [0.29, 0.717) is 6.04 Å². The second-order valence-corrected chi connectivity index (χ2v) is 8.19. The van der Waals surface area contributed by atoms with E-state index < -0.39 is 5.60 Å². The van der Waals surface area contributed by atoms with Crippen LogP contribution in [0.25, 0.3) is 0 Å². The van der Waals surface area contributed by atoms with E-state index in [1.165, 1.54) is 12.0 Å². The predicted molar refractivity (Wildman–Crippen MR) is 99.6 cm³/mol. The Kier molecular flexibility index (Phi) is 6.87. The molecule has 0 aromatic carbocycles.